The van der Waals surface area contributed by atoms with Crippen molar-refractivity contribution in [2.45, 2.75) is 19.9 Å². The highest BCUT2D eigenvalue weighted by atomic mass is 15.4. The van der Waals surface area contributed by atoms with Crippen LogP contribution in [0.5, 0.6) is 0 Å². The van der Waals surface area contributed by atoms with E-state index in [-0.39, 0.29) is 11.9 Å². The van der Waals surface area contributed by atoms with E-state index >= 15 is 0 Å². The van der Waals surface area contributed by atoms with Gasteiger partial charge in [-0.3, -0.25) is 5.41 Å². The van der Waals surface area contributed by atoms with E-state index in [1.54, 1.807) is 4.68 Å². The first-order valence-electron chi connectivity index (χ1n) is 4.79. The van der Waals surface area contributed by atoms with E-state index in [2.05, 4.69) is 10.3 Å². The van der Waals surface area contributed by atoms with Crippen LogP contribution in [0, 0.1) is 5.41 Å². The van der Waals surface area contributed by atoms with Crippen LogP contribution in [0.1, 0.15) is 25.5 Å². The van der Waals surface area contributed by atoms with E-state index in [0.717, 1.165) is 11.0 Å². The number of hydrogen-bond acceptors (Lipinski definition) is 3. The van der Waals surface area contributed by atoms with Crippen molar-refractivity contribution < 1.29 is 0 Å². The molecule has 0 amide bonds. The number of aromatic nitrogens is 3. The van der Waals surface area contributed by atoms with Crippen molar-refractivity contribution in [2.24, 2.45) is 5.73 Å². The van der Waals surface area contributed by atoms with Gasteiger partial charge in [0, 0.05) is 11.6 Å². The summed E-state index contributed by atoms with van der Waals surface area (Å²) < 4.78 is 1.78. The molecule has 0 aliphatic rings. The van der Waals surface area contributed by atoms with Crippen molar-refractivity contribution in [3.05, 3.63) is 23.8 Å². The van der Waals surface area contributed by atoms with Crippen molar-refractivity contribution in [1.82, 2.24) is 15.0 Å². The fraction of sp³-hybridized carbons (Fsp3) is 0.300. The molecule has 1 aromatic heterocycles. The van der Waals surface area contributed by atoms with Crippen LogP contribution >= 0.6 is 0 Å². The number of fused-ring (bicyclic) bond motifs is 1. The second kappa shape index (κ2) is 3.34. The van der Waals surface area contributed by atoms with E-state index in [1.165, 1.54) is 0 Å². The Balaban J connectivity index is 2.80. The van der Waals surface area contributed by atoms with Gasteiger partial charge >= 0.3 is 0 Å². The van der Waals surface area contributed by atoms with E-state index in [9.17, 15) is 0 Å². The lowest BCUT2D eigenvalue weighted by atomic mass is 10.1. The summed E-state index contributed by atoms with van der Waals surface area (Å²) in [7, 11) is 0. The summed E-state index contributed by atoms with van der Waals surface area (Å²) in [6.45, 7) is 4.04. The highest BCUT2D eigenvalue weighted by molar-refractivity contribution is 6.05. The lowest BCUT2D eigenvalue weighted by Gasteiger charge is -2.08. The van der Waals surface area contributed by atoms with Gasteiger partial charge in [0.25, 0.3) is 0 Å². The number of para-hydroxylation sites is 1. The fourth-order valence-electron chi connectivity index (χ4n) is 1.57. The van der Waals surface area contributed by atoms with Gasteiger partial charge in [-0.15, -0.1) is 5.10 Å². The molecule has 0 bridgehead atoms. The van der Waals surface area contributed by atoms with Gasteiger partial charge in [-0.05, 0) is 26.0 Å². The fourth-order valence-corrected chi connectivity index (χ4v) is 1.57. The summed E-state index contributed by atoms with van der Waals surface area (Å²) in [6, 6.07) is 5.72. The van der Waals surface area contributed by atoms with E-state index in [1.807, 2.05) is 32.0 Å². The Labute approximate surface area is 87.4 Å². The maximum absolute atomic E-state index is 7.50. The number of amidine groups is 1. The molecule has 0 radical (unpaired) electrons. The Morgan fingerprint density at radius 3 is 2.80 bits per heavy atom. The van der Waals surface area contributed by atoms with E-state index in [0.29, 0.717) is 5.56 Å². The standard InChI is InChI=1S/C10H13N5/c1-6(2)15-9-7(10(11)12)4-3-5-8(9)13-14-15/h3-6H,1-2H3,(H3,11,12). The Hall–Kier alpha value is -1.91. The Bertz CT molecular complexity index is 512. The Kier molecular flexibility index (Phi) is 2.15. The third-order valence-electron chi connectivity index (χ3n) is 2.27. The molecular weight excluding hydrogens is 190 g/mol. The maximum atomic E-state index is 7.50. The second-order valence-corrected chi connectivity index (χ2v) is 3.71. The zero-order valence-electron chi connectivity index (χ0n) is 8.73. The smallest absolute Gasteiger partial charge is 0.125 e. The van der Waals surface area contributed by atoms with Crippen LogP contribution in [-0.2, 0) is 0 Å². The number of nitrogens with one attached hydrogen (secondary N) is 1. The monoisotopic (exact) mass is 203 g/mol. The third kappa shape index (κ3) is 1.45. The molecule has 78 valence electrons. The minimum absolute atomic E-state index is 0.0461. The number of benzene rings is 1. The minimum atomic E-state index is 0.0461. The molecule has 5 nitrogen and oxygen atoms in total. The lowest BCUT2D eigenvalue weighted by Crippen LogP contribution is -2.14. The predicted molar refractivity (Wildman–Crippen MR) is 58.9 cm³/mol. The summed E-state index contributed by atoms with van der Waals surface area (Å²) in [6.07, 6.45) is 0. The van der Waals surface area contributed by atoms with Crippen LogP contribution in [0.4, 0.5) is 0 Å². The predicted octanol–water partition coefficient (Wildman–Crippen LogP) is 1.30. The second-order valence-electron chi connectivity index (χ2n) is 3.71. The van der Waals surface area contributed by atoms with Gasteiger partial charge in [0.2, 0.25) is 0 Å². The van der Waals surface area contributed by atoms with Crippen LogP contribution in [0.25, 0.3) is 11.0 Å². The first kappa shape index (κ1) is 9.64. The minimum Gasteiger partial charge on any atom is -0.384 e. The molecule has 2 rings (SSSR count). The van der Waals surface area contributed by atoms with Crippen molar-refractivity contribution in [1.29, 1.82) is 5.41 Å². The summed E-state index contributed by atoms with van der Waals surface area (Å²) in [5.41, 5.74) is 7.82. The molecule has 5 heteroatoms. The summed E-state index contributed by atoms with van der Waals surface area (Å²) in [5.74, 6) is 0.0461. The summed E-state index contributed by atoms with van der Waals surface area (Å²) >= 11 is 0. The van der Waals surface area contributed by atoms with Crippen LogP contribution in [0.15, 0.2) is 18.2 Å². The highest BCUT2D eigenvalue weighted by Gasteiger charge is 2.12. The zero-order chi connectivity index (χ0) is 11.0. The molecule has 1 heterocycles. The molecule has 0 saturated carbocycles. The molecule has 0 spiro atoms. The average Bonchev–Trinajstić information content (AvgIpc) is 2.60. The van der Waals surface area contributed by atoms with Gasteiger partial charge in [0.1, 0.15) is 11.4 Å². The maximum Gasteiger partial charge on any atom is 0.125 e. The topological polar surface area (TPSA) is 80.6 Å². The zero-order valence-corrected chi connectivity index (χ0v) is 8.73. The quantitative estimate of drug-likeness (QED) is 0.570. The van der Waals surface area contributed by atoms with Crippen LogP contribution in [0.3, 0.4) is 0 Å². The van der Waals surface area contributed by atoms with Gasteiger partial charge in [-0.2, -0.15) is 0 Å². The van der Waals surface area contributed by atoms with Gasteiger partial charge in [0.15, 0.2) is 0 Å². The van der Waals surface area contributed by atoms with Crippen molar-refractivity contribution in [3.63, 3.8) is 0 Å². The molecule has 0 atom stereocenters. The van der Waals surface area contributed by atoms with Gasteiger partial charge in [0.05, 0.1) is 5.52 Å². The molecule has 0 aliphatic heterocycles. The molecule has 0 unspecified atom stereocenters. The normalized spacial score (nSPS) is 11.1. The van der Waals surface area contributed by atoms with Gasteiger partial charge in [-0.25, -0.2) is 4.68 Å². The van der Waals surface area contributed by atoms with E-state index in [4.69, 9.17) is 11.1 Å². The molecular formula is C10H13N5. The number of hydrogen-bond donors (Lipinski definition) is 2. The Morgan fingerprint density at radius 2 is 2.20 bits per heavy atom. The molecule has 15 heavy (non-hydrogen) atoms. The molecule has 2 aromatic rings. The first-order chi connectivity index (χ1) is 7.11. The summed E-state index contributed by atoms with van der Waals surface area (Å²) in [5, 5.41) is 15.6. The molecule has 0 saturated heterocycles. The van der Waals surface area contributed by atoms with Crippen LogP contribution in [0.2, 0.25) is 0 Å². The van der Waals surface area contributed by atoms with Crippen LogP contribution in [-0.4, -0.2) is 20.8 Å². The van der Waals surface area contributed by atoms with E-state index < -0.39 is 0 Å². The number of nitrogens with two attached hydrogens (primary N) is 1. The number of nitrogens with zero attached hydrogens (tertiary/aromatic N) is 3. The van der Waals surface area contributed by atoms with Crippen LogP contribution < -0.4 is 5.73 Å². The largest absolute Gasteiger partial charge is 0.384 e. The molecule has 1 aromatic carbocycles. The number of nitrogen functional groups attached to an aromatic ring is 1. The molecule has 0 aliphatic carbocycles. The highest BCUT2D eigenvalue weighted by Crippen LogP contribution is 2.19. The SMILES string of the molecule is CC(C)n1nnc2cccc(C(=N)N)c21. The van der Waals surface area contributed by atoms with Crippen molar-refractivity contribution in [2.75, 3.05) is 0 Å². The van der Waals surface area contributed by atoms with Crippen molar-refractivity contribution in [3.8, 4) is 0 Å². The number of rotatable bonds is 2. The first-order valence-corrected chi connectivity index (χ1v) is 4.79. The van der Waals surface area contributed by atoms with Gasteiger partial charge < -0.3 is 5.73 Å². The third-order valence-corrected chi connectivity index (χ3v) is 2.27. The van der Waals surface area contributed by atoms with Crippen molar-refractivity contribution >= 4 is 16.9 Å². The van der Waals surface area contributed by atoms with Gasteiger partial charge in [-0.1, -0.05) is 11.3 Å². The molecule has 3 N–H and O–H groups in total. The Morgan fingerprint density at radius 1 is 1.47 bits per heavy atom. The molecule has 0 fully saturated rings. The summed E-state index contributed by atoms with van der Waals surface area (Å²) in [4.78, 5) is 0. The lowest BCUT2D eigenvalue weighted by molar-refractivity contribution is 0.530. The average molecular weight is 203 g/mol.